The van der Waals surface area contributed by atoms with Crippen LogP contribution in [0.4, 0.5) is 0 Å². The van der Waals surface area contributed by atoms with Gasteiger partial charge in [0.05, 0.1) is 4.75 Å². The van der Waals surface area contributed by atoms with E-state index < -0.39 is 0 Å². The molecular weight excluding hydrogens is 104 g/mol. The third kappa shape index (κ3) is 5.91. The standard InChI is InChI=1S/C6H10S/c1-4-5-6(2,3)7/h7H,1-3H3. The van der Waals surface area contributed by atoms with Crippen LogP contribution in [0.15, 0.2) is 0 Å². The highest BCUT2D eigenvalue weighted by Gasteiger charge is 2.02. The molecule has 0 N–H and O–H groups in total. The summed E-state index contributed by atoms with van der Waals surface area (Å²) in [4.78, 5) is 0. The zero-order chi connectivity index (χ0) is 5.91. The van der Waals surface area contributed by atoms with E-state index in [1.807, 2.05) is 20.8 Å². The first kappa shape index (κ1) is 6.91. The summed E-state index contributed by atoms with van der Waals surface area (Å²) in [7, 11) is 0. The molecule has 0 aromatic rings. The van der Waals surface area contributed by atoms with Crippen molar-refractivity contribution >= 4 is 12.6 Å². The summed E-state index contributed by atoms with van der Waals surface area (Å²) < 4.78 is -0.116. The van der Waals surface area contributed by atoms with E-state index in [0.29, 0.717) is 0 Å². The second kappa shape index (κ2) is 2.28. The first-order chi connectivity index (χ1) is 3.06. The molecule has 0 atom stereocenters. The van der Waals surface area contributed by atoms with E-state index in [2.05, 4.69) is 24.5 Å². The fourth-order valence-electron chi connectivity index (χ4n) is 0.306. The molecule has 0 nitrogen and oxygen atoms in total. The summed E-state index contributed by atoms with van der Waals surface area (Å²) in [6.07, 6.45) is 0. The molecule has 0 aromatic carbocycles. The maximum atomic E-state index is 4.16. The van der Waals surface area contributed by atoms with Gasteiger partial charge in [-0.25, -0.2) is 0 Å². The van der Waals surface area contributed by atoms with E-state index in [9.17, 15) is 0 Å². The van der Waals surface area contributed by atoms with Gasteiger partial charge in [-0.15, -0.1) is 5.92 Å². The molecular formula is C6H10S. The molecule has 0 fully saturated rings. The van der Waals surface area contributed by atoms with Crippen molar-refractivity contribution in [2.75, 3.05) is 0 Å². The number of hydrogen-bond acceptors (Lipinski definition) is 1. The van der Waals surface area contributed by atoms with Gasteiger partial charge < -0.3 is 0 Å². The van der Waals surface area contributed by atoms with Gasteiger partial charge in [0.15, 0.2) is 0 Å². The van der Waals surface area contributed by atoms with Crippen LogP contribution in [0.2, 0.25) is 0 Å². The highest BCUT2D eigenvalue weighted by molar-refractivity contribution is 7.82. The van der Waals surface area contributed by atoms with Crippen LogP contribution < -0.4 is 0 Å². The second-order valence-electron chi connectivity index (χ2n) is 1.93. The van der Waals surface area contributed by atoms with E-state index in [1.54, 1.807) is 0 Å². The van der Waals surface area contributed by atoms with Crippen LogP contribution in [-0.2, 0) is 0 Å². The van der Waals surface area contributed by atoms with Crippen LogP contribution in [0.3, 0.4) is 0 Å². The fourth-order valence-corrected chi connectivity index (χ4v) is 0.418. The van der Waals surface area contributed by atoms with Crippen LogP contribution in [0.5, 0.6) is 0 Å². The van der Waals surface area contributed by atoms with Crippen LogP contribution in [0.25, 0.3) is 0 Å². The third-order valence-corrected chi connectivity index (χ3v) is 0.543. The molecule has 0 rings (SSSR count). The molecule has 0 aromatic heterocycles. The van der Waals surface area contributed by atoms with Crippen LogP contribution in [0.1, 0.15) is 20.8 Å². The van der Waals surface area contributed by atoms with E-state index in [1.165, 1.54) is 0 Å². The Bertz CT molecular complexity index is 97.6. The van der Waals surface area contributed by atoms with E-state index in [4.69, 9.17) is 0 Å². The molecule has 0 heterocycles. The lowest BCUT2D eigenvalue weighted by Gasteiger charge is -2.04. The van der Waals surface area contributed by atoms with Gasteiger partial charge in [-0.2, -0.15) is 12.6 Å². The van der Waals surface area contributed by atoms with E-state index >= 15 is 0 Å². The highest BCUT2D eigenvalue weighted by atomic mass is 32.1. The van der Waals surface area contributed by atoms with Crippen molar-refractivity contribution < 1.29 is 0 Å². The van der Waals surface area contributed by atoms with Crippen molar-refractivity contribution in [2.24, 2.45) is 0 Å². The summed E-state index contributed by atoms with van der Waals surface area (Å²) in [5, 5.41) is 0. The summed E-state index contributed by atoms with van der Waals surface area (Å²) in [6, 6.07) is 0. The first-order valence-electron chi connectivity index (χ1n) is 2.22. The Hall–Kier alpha value is -0.0900. The molecule has 40 valence electrons. The quantitative estimate of drug-likeness (QED) is 0.360. The number of hydrogen-bond donors (Lipinski definition) is 1. The Kier molecular flexibility index (Phi) is 2.25. The summed E-state index contributed by atoms with van der Waals surface area (Å²) in [5.74, 6) is 5.68. The lowest BCUT2D eigenvalue weighted by Crippen LogP contribution is -2.04. The fraction of sp³-hybridized carbons (Fsp3) is 0.667. The maximum absolute atomic E-state index is 4.16. The molecule has 7 heavy (non-hydrogen) atoms. The molecule has 0 bridgehead atoms. The predicted octanol–water partition coefficient (Wildman–Crippen LogP) is 1.72. The Balaban J connectivity index is 3.72. The van der Waals surface area contributed by atoms with Gasteiger partial charge in [0.2, 0.25) is 0 Å². The zero-order valence-electron chi connectivity index (χ0n) is 4.95. The Labute approximate surface area is 50.7 Å². The van der Waals surface area contributed by atoms with Crippen molar-refractivity contribution in [3.05, 3.63) is 0 Å². The van der Waals surface area contributed by atoms with Gasteiger partial charge in [0.25, 0.3) is 0 Å². The minimum atomic E-state index is -0.116. The van der Waals surface area contributed by atoms with Gasteiger partial charge >= 0.3 is 0 Å². The van der Waals surface area contributed by atoms with Gasteiger partial charge in [-0.3, -0.25) is 0 Å². The third-order valence-electron chi connectivity index (χ3n) is 0.431. The second-order valence-corrected chi connectivity index (χ2v) is 3.05. The molecule has 0 aliphatic carbocycles. The van der Waals surface area contributed by atoms with Gasteiger partial charge in [-0.1, -0.05) is 5.92 Å². The van der Waals surface area contributed by atoms with Crippen molar-refractivity contribution in [1.29, 1.82) is 0 Å². The molecule has 0 aliphatic rings. The molecule has 0 spiro atoms. The molecule has 0 amide bonds. The molecule has 1 heteroatoms. The van der Waals surface area contributed by atoms with E-state index in [-0.39, 0.29) is 4.75 Å². The van der Waals surface area contributed by atoms with Crippen LogP contribution >= 0.6 is 12.6 Å². The maximum Gasteiger partial charge on any atom is 0.0679 e. The van der Waals surface area contributed by atoms with Crippen LogP contribution in [-0.4, -0.2) is 4.75 Å². The van der Waals surface area contributed by atoms with Crippen molar-refractivity contribution in [2.45, 2.75) is 25.5 Å². The van der Waals surface area contributed by atoms with Crippen molar-refractivity contribution in [1.82, 2.24) is 0 Å². The Morgan fingerprint density at radius 1 is 1.43 bits per heavy atom. The largest absolute Gasteiger partial charge is 0.160 e. The number of rotatable bonds is 0. The topological polar surface area (TPSA) is 0 Å². The van der Waals surface area contributed by atoms with Gasteiger partial charge in [0.1, 0.15) is 0 Å². The predicted molar refractivity (Wildman–Crippen MR) is 36.5 cm³/mol. The molecule has 0 aliphatic heterocycles. The summed E-state index contributed by atoms with van der Waals surface area (Å²) >= 11 is 4.16. The van der Waals surface area contributed by atoms with Crippen LogP contribution in [0, 0.1) is 11.8 Å². The Morgan fingerprint density at radius 2 is 1.86 bits per heavy atom. The smallest absolute Gasteiger partial charge is 0.0679 e. The van der Waals surface area contributed by atoms with Gasteiger partial charge in [0, 0.05) is 0 Å². The first-order valence-corrected chi connectivity index (χ1v) is 2.67. The molecule has 0 unspecified atom stereocenters. The van der Waals surface area contributed by atoms with E-state index in [0.717, 1.165) is 0 Å². The van der Waals surface area contributed by atoms with Crippen molar-refractivity contribution in [3.8, 4) is 11.8 Å². The average molecular weight is 114 g/mol. The highest BCUT2D eigenvalue weighted by Crippen LogP contribution is 2.08. The number of thiol groups is 1. The van der Waals surface area contributed by atoms with Crippen molar-refractivity contribution in [3.63, 3.8) is 0 Å². The molecule has 0 radical (unpaired) electrons. The minimum Gasteiger partial charge on any atom is -0.160 e. The Morgan fingerprint density at radius 3 is 1.86 bits per heavy atom. The minimum absolute atomic E-state index is 0.116. The zero-order valence-corrected chi connectivity index (χ0v) is 5.84. The molecule has 0 saturated heterocycles. The summed E-state index contributed by atoms with van der Waals surface area (Å²) in [6.45, 7) is 5.75. The summed E-state index contributed by atoms with van der Waals surface area (Å²) in [5.41, 5.74) is 0. The molecule has 0 saturated carbocycles. The SMILES string of the molecule is CC#CC(C)(C)S. The average Bonchev–Trinajstić information content (AvgIpc) is 1.30. The lowest BCUT2D eigenvalue weighted by molar-refractivity contribution is 0.943. The lowest BCUT2D eigenvalue weighted by atomic mass is 10.2. The normalized spacial score (nSPS) is 9.71. The monoisotopic (exact) mass is 114 g/mol. The van der Waals surface area contributed by atoms with Gasteiger partial charge in [-0.05, 0) is 20.8 Å².